The van der Waals surface area contributed by atoms with Gasteiger partial charge >= 0.3 is 0 Å². The SMILES string of the molecule is COc1ccccc1OCC(=O)N1CCN(C(=O)C23CC4CC(CC(C4)C2)C3)CC1. The average Bonchev–Trinajstić information content (AvgIpc) is 2.76. The number of carbonyl (C=O) groups excluding carboxylic acids is 2. The fourth-order valence-electron chi connectivity index (χ4n) is 6.84. The summed E-state index contributed by atoms with van der Waals surface area (Å²) in [4.78, 5) is 30.0. The zero-order chi connectivity index (χ0) is 20.7. The molecule has 6 rings (SSSR count). The van der Waals surface area contributed by atoms with Gasteiger partial charge in [-0.1, -0.05) is 12.1 Å². The van der Waals surface area contributed by atoms with Gasteiger partial charge < -0.3 is 19.3 Å². The summed E-state index contributed by atoms with van der Waals surface area (Å²) in [6, 6.07) is 7.34. The van der Waals surface area contributed by atoms with E-state index in [0.29, 0.717) is 43.6 Å². The number of piperazine rings is 1. The maximum atomic E-state index is 13.5. The number of hydrogen-bond donors (Lipinski definition) is 0. The summed E-state index contributed by atoms with van der Waals surface area (Å²) in [5, 5.41) is 0. The molecule has 0 radical (unpaired) electrons. The second-order valence-corrected chi connectivity index (χ2v) is 9.81. The quantitative estimate of drug-likeness (QED) is 0.746. The van der Waals surface area contributed by atoms with Crippen molar-refractivity contribution in [2.75, 3.05) is 39.9 Å². The molecule has 4 aliphatic carbocycles. The summed E-state index contributed by atoms with van der Waals surface area (Å²) in [5.74, 6) is 3.85. The Morgan fingerprint density at radius 3 is 2.00 bits per heavy atom. The summed E-state index contributed by atoms with van der Waals surface area (Å²) in [6.45, 7) is 2.45. The first-order valence-electron chi connectivity index (χ1n) is 11.4. The lowest BCUT2D eigenvalue weighted by Crippen LogP contribution is -2.58. The van der Waals surface area contributed by atoms with Gasteiger partial charge in [-0.05, 0) is 68.4 Å². The van der Waals surface area contributed by atoms with Gasteiger partial charge in [0.05, 0.1) is 12.5 Å². The van der Waals surface area contributed by atoms with Crippen LogP contribution in [0.2, 0.25) is 0 Å². The van der Waals surface area contributed by atoms with E-state index in [9.17, 15) is 9.59 Å². The van der Waals surface area contributed by atoms with Crippen LogP contribution in [-0.2, 0) is 9.59 Å². The van der Waals surface area contributed by atoms with E-state index in [1.54, 1.807) is 13.2 Å². The van der Waals surface area contributed by atoms with E-state index in [-0.39, 0.29) is 17.9 Å². The minimum atomic E-state index is -0.0894. The Kier molecular flexibility index (Phi) is 5.11. The minimum Gasteiger partial charge on any atom is -0.493 e. The van der Waals surface area contributed by atoms with Gasteiger partial charge in [-0.25, -0.2) is 0 Å². The molecule has 1 heterocycles. The van der Waals surface area contributed by atoms with Crippen LogP contribution in [0.15, 0.2) is 24.3 Å². The average molecular weight is 413 g/mol. The highest BCUT2D eigenvalue weighted by molar-refractivity contribution is 5.84. The molecule has 5 aliphatic rings. The first kappa shape index (κ1) is 19.7. The molecule has 6 heteroatoms. The predicted molar refractivity (Wildman–Crippen MR) is 112 cm³/mol. The molecule has 0 aromatic heterocycles. The number of rotatable bonds is 5. The van der Waals surface area contributed by atoms with Crippen molar-refractivity contribution in [1.29, 1.82) is 0 Å². The normalized spacial score (nSPS) is 32.2. The van der Waals surface area contributed by atoms with Gasteiger partial charge in [-0.2, -0.15) is 0 Å². The Hall–Kier alpha value is -2.24. The molecule has 0 spiro atoms. The van der Waals surface area contributed by atoms with Crippen LogP contribution in [-0.4, -0.2) is 61.5 Å². The molecule has 30 heavy (non-hydrogen) atoms. The highest BCUT2D eigenvalue weighted by Crippen LogP contribution is 2.60. The third kappa shape index (κ3) is 3.54. The smallest absolute Gasteiger partial charge is 0.260 e. The van der Waals surface area contributed by atoms with Crippen LogP contribution >= 0.6 is 0 Å². The molecule has 0 N–H and O–H groups in total. The number of hydrogen-bond acceptors (Lipinski definition) is 4. The maximum absolute atomic E-state index is 13.5. The third-order valence-corrected chi connectivity index (χ3v) is 7.83. The van der Waals surface area contributed by atoms with Crippen molar-refractivity contribution in [1.82, 2.24) is 9.80 Å². The number of amides is 2. The first-order valence-corrected chi connectivity index (χ1v) is 11.4. The Balaban J connectivity index is 1.15. The molecule has 162 valence electrons. The molecular formula is C24H32N2O4. The molecule has 6 nitrogen and oxygen atoms in total. The van der Waals surface area contributed by atoms with Crippen molar-refractivity contribution in [2.45, 2.75) is 38.5 Å². The summed E-state index contributed by atoms with van der Waals surface area (Å²) >= 11 is 0. The molecule has 0 atom stereocenters. The monoisotopic (exact) mass is 412 g/mol. The summed E-state index contributed by atoms with van der Waals surface area (Å²) in [7, 11) is 1.59. The van der Waals surface area contributed by atoms with Crippen LogP contribution in [0.25, 0.3) is 0 Å². The highest BCUT2D eigenvalue weighted by atomic mass is 16.5. The second kappa shape index (κ2) is 7.78. The predicted octanol–water partition coefficient (Wildman–Crippen LogP) is 2.96. The van der Waals surface area contributed by atoms with Crippen LogP contribution < -0.4 is 9.47 Å². The number of ether oxygens (including phenoxy) is 2. The van der Waals surface area contributed by atoms with Crippen molar-refractivity contribution in [3.8, 4) is 11.5 Å². The van der Waals surface area contributed by atoms with E-state index in [4.69, 9.17) is 9.47 Å². The first-order chi connectivity index (χ1) is 14.6. The number of carbonyl (C=O) groups is 2. The van der Waals surface area contributed by atoms with E-state index in [1.165, 1.54) is 19.3 Å². The Morgan fingerprint density at radius 1 is 0.900 bits per heavy atom. The zero-order valence-electron chi connectivity index (χ0n) is 17.8. The van der Waals surface area contributed by atoms with Crippen molar-refractivity contribution in [2.24, 2.45) is 23.2 Å². The Labute approximate surface area is 178 Å². The second-order valence-electron chi connectivity index (χ2n) is 9.81. The van der Waals surface area contributed by atoms with Crippen LogP contribution in [0.1, 0.15) is 38.5 Å². The number of para-hydroxylation sites is 2. The van der Waals surface area contributed by atoms with Crippen LogP contribution in [0.3, 0.4) is 0 Å². The number of benzene rings is 1. The molecule has 0 unspecified atom stereocenters. The van der Waals surface area contributed by atoms with E-state index in [1.807, 2.05) is 28.0 Å². The molecule has 1 saturated heterocycles. The Bertz CT molecular complexity index is 780. The number of methoxy groups -OCH3 is 1. The van der Waals surface area contributed by atoms with Gasteiger partial charge in [0.15, 0.2) is 18.1 Å². The zero-order valence-corrected chi connectivity index (χ0v) is 17.8. The largest absolute Gasteiger partial charge is 0.493 e. The van der Waals surface area contributed by atoms with E-state index >= 15 is 0 Å². The molecule has 2 amide bonds. The van der Waals surface area contributed by atoms with Gasteiger partial charge in [0.1, 0.15) is 0 Å². The summed E-state index contributed by atoms with van der Waals surface area (Å²) in [5.41, 5.74) is -0.0894. The van der Waals surface area contributed by atoms with E-state index in [0.717, 1.165) is 37.0 Å². The maximum Gasteiger partial charge on any atom is 0.260 e. The minimum absolute atomic E-state index is 0.0106. The van der Waals surface area contributed by atoms with Crippen molar-refractivity contribution in [3.63, 3.8) is 0 Å². The van der Waals surface area contributed by atoms with Gasteiger partial charge in [0.2, 0.25) is 5.91 Å². The van der Waals surface area contributed by atoms with Gasteiger partial charge in [-0.3, -0.25) is 9.59 Å². The number of nitrogens with zero attached hydrogens (tertiary/aromatic N) is 2. The summed E-state index contributed by atoms with van der Waals surface area (Å²) in [6.07, 6.45) is 7.35. The topological polar surface area (TPSA) is 59.1 Å². The fraction of sp³-hybridized carbons (Fsp3) is 0.667. The molecule has 1 aliphatic heterocycles. The Morgan fingerprint density at radius 2 is 1.43 bits per heavy atom. The van der Waals surface area contributed by atoms with Crippen LogP contribution in [0.4, 0.5) is 0 Å². The van der Waals surface area contributed by atoms with Crippen molar-refractivity contribution in [3.05, 3.63) is 24.3 Å². The lowest BCUT2D eigenvalue weighted by Gasteiger charge is -2.57. The molecule has 5 fully saturated rings. The van der Waals surface area contributed by atoms with Gasteiger partial charge in [-0.15, -0.1) is 0 Å². The summed E-state index contributed by atoms with van der Waals surface area (Å²) < 4.78 is 11.0. The van der Waals surface area contributed by atoms with Crippen LogP contribution in [0, 0.1) is 23.2 Å². The lowest BCUT2D eigenvalue weighted by atomic mass is 9.49. The fourth-order valence-corrected chi connectivity index (χ4v) is 6.84. The third-order valence-electron chi connectivity index (χ3n) is 7.83. The van der Waals surface area contributed by atoms with Crippen LogP contribution in [0.5, 0.6) is 11.5 Å². The van der Waals surface area contributed by atoms with Gasteiger partial charge in [0.25, 0.3) is 5.91 Å². The van der Waals surface area contributed by atoms with Gasteiger partial charge in [0, 0.05) is 26.2 Å². The van der Waals surface area contributed by atoms with E-state index < -0.39 is 0 Å². The molecule has 1 aromatic rings. The highest BCUT2D eigenvalue weighted by Gasteiger charge is 2.55. The molecular weight excluding hydrogens is 380 g/mol. The molecule has 1 aromatic carbocycles. The molecule has 4 saturated carbocycles. The standard InChI is InChI=1S/C24H32N2O4/c1-29-20-4-2-3-5-21(20)30-16-22(27)25-6-8-26(9-7-25)23(28)24-13-17-10-18(14-24)12-19(11-17)15-24/h2-5,17-19H,6-16H2,1H3. The van der Waals surface area contributed by atoms with Crippen molar-refractivity contribution >= 4 is 11.8 Å². The van der Waals surface area contributed by atoms with Crippen molar-refractivity contribution < 1.29 is 19.1 Å². The lowest BCUT2D eigenvalue weighted by molar-refractivity contribution is -0.160. The van der Waals surface area contributed by atoms with E-state index in [2.05, 4.69) is 0 Å². The molecule has 4 bridgehead atoms.